The summed E-state index contributed by atoms with van der Waals surface area (Å²) in [6, 6.07) is 0.148. The summed E-state index contributed by atoms with van der Waals surface area (Å²) in [4.78, 5) is 14.7. The van der Waals surface area contributed by atoms with Gasteiger partial charge in [-0.3, -0.25) is 5.01 Å². The molecular formula is C12H23N7O2S. The maximum absolute atomic E-state index is 11.3. The predicted octanol–water partition coefficient (Wildman–Crippen LogP) is 0.916. The van der Waals surface area contributed by atoms with Gasteiger partial charge in [0.1, 0.15) is 0 Å². The van der Waals surface area contributed by atoms with Crippen molar-refractivity contribution in [3.8, 4) is 0 Å². The van der Waals surface area contributed by atoms with E-state index in [1.54, 1.807) is 6.33 Å². The third kappa shape index (κ3) is 4.04. The molecule has 0 saturated heterocycles. The summed E-state index contributed by atoms with van der Waals surface area (Å²) in [7, 11) is -1.90. The second kappa shape index (κ2) is 6.88. The van der Waals surface area contributed by atoms with Gasteiger partial charge in [0.15, 0.2) is 17.0 Å². The number of nitrogens with zero attached hydrogens (tertiary/aromatic N) is 5. The molecule has 0 atom stereocenters. The van der Waals surface area contributed by atoms with Crippen LogP contribution in [0.4, 0.5) is 11.8 Å². The average Bonchev–Trinajstić information content (AvgIpc) is 2.81. The van der Waals surface area contributed by atoms with Crippen LogP contribution in [-0.4, -0.2) is 41.2 Å². The predicted molar refractivity (Wildman–Crippen MR) is 87.9 cm³/mol. The van der Waals surface area contributed by atoms with Crippen LogP contribution in [0.2, 0.25) is 0 Å². The molecule has 0 aromatic carbocycles. The maximum Gasteiger partial charge on any atom is 0.225 e. The van der Waals surface area contributed by atoms with Gasteiger partial charge in [-0.25, -0.2) is 13.4 Å². The Morgan fingerprint density at radius 2 is 1.91 bits per heavy atom. The molecule has 10 heteroatoms. The number of aromatic nitrogens is 4. The van der Waals surface area contributed by atoms with Gasteiger partial charge in [0.2, 0.25) is 16.0 Å². The molecule has 9 nitrogen and oxygen atoms in total. The van der Waals surface area contributed by atoms with Crippen molar-refractivity contribution >= 4 is 33.0 Å². The van der Waals surface area contributed by atoms with Crippen molar-refractivity contribution in [3.05, 3.63) is 6.33 Å². The fraction of sp³-hybridized carbons (Fsp3) is 0.583. The molecule has 124 valence electrons. The Kier molecular flexibility index (Phi) is 5.66. The third-order valence-corrected chi connectivity index (χ3v) is 3.20. The van der Waals surface area contributed by atoms with E-state index in [2.05, 4.69) is 19.8 Å². The summed E-state index contributed by atoms with van der Waals surface area (Å²) in [6.07, 6.45) is 2.68. The Morgan fingerprint density at radius 3 is 2.41 bits per heavy atom. The molecule has 2 rings (SSSR count). The summed E-state index contributed by atoms with van der Waals surface area (Å²) in [5.41, 5.74) is 6.73. The van der Waals surface area contributed by atoms with Crippen molar-refractivity contribution in [1.29, 1.82) is 0 Å². The van der Waals surface area contributed by atoms with Gasteiger partial charge in [-0.05, 0) is 13.8 Å². The molecule has 22 heavy (non-hydrogen) atoms. The number of hydrogen-bond acceptors (Lipinski definition) is 7. The van der Waals surface area contributed by atoms with E-state index in [-0.39, 0.29) is 12.0 Å². The van der Waals surface area contributed by atoms with E-state index >= 15 is 0 Å². The minimum atomic E-state index is -3.42. The first-order valence-corrected chi connectivity index (χ1v) is 8.79. The summed E-state index contributed by atoms with van der Waals surface area (Å²) in [6.45, 7) is 7.97. The number of hydrogen-bond donors (Lipinski definition) is 2. The average molecular weight is 329 g/mol. The molecule has 0 radical (unpaired) electrons. The van der Waals surface area contributed by atoms with Crippen LogP contribution in [-0.2, 0) is 10.0 Å². The van der Waals surface area contributed by atoms with Crippen LogP contribution in [0.25, 0.3) is 11.2 Å². The number of hydrazine groups is 1. The minimum absolute atomic E-state index is 0.0528. The summed E-state index contributed by atoms with van der Waals surface area (Å²) >= 11 is 0. The monoisotopic (exact) mass is 329 g/mol. The van der Waals surface area contributed by atoms with Crippen LogP contribution >= 0.6 is 0 Å². The van der Waals surface area contributed by atoms with Crippen molar-refractivity contribution in [2.75, 3.05) is 24.0 Å². The molecule has 2 aromatic rings. The van der Waals surface area contributed by atoms with E-state index in [4.69, 9.17) is 5.73 Å². The highest BCUT2D eigenvalue weighted by atomic mass is 32.2. The lowest BCUT2D eigenvalue weighted by molar-refractivity contribution is 0.586. The Balaban J connectivity index is 0.00000116. The standard InChI is InChI=1S/C10H17N7O2S.C2H6/c1-6(2)17-5-12-7-8(13-10(11)14-9(7)17)16(3)15-20(4,18)19;1-2/h5-6,15H,1-4H3,(H2,11,13,14);1-2H3. The highest BCUT2D eigenvalue weighted by Gasteiger charge is 2.18. The van der Waals surface area contributed by atoms with Crippen LogP contribution < -0.4 is 15.6 Å². The molecule has 0 saturated carbocycles. The third-order valence-electron chi connectivity index (χ3n) is 2.60. The lowest BCUT2D eigenvalue weighted by Gasteiger charge is -2.18. The smallest absolute Gasteiger partial charge is 0.225 e. The van der Waals surface area contributed by atoms with Crippen molar-refractivity contribution in [2.24, 2.45) is 0 Å². The maximum atomic E-state index is 11.3. The summed E-state index contributed by atoms with van der Waals surface area (Å²) in [5.74, 6) is 0.356. The minimum Gasteiger partial charge on any atom is -0.368 e. The Hall–Kier alpha value is -1.94. The van der Waals surface area contributed by atoms with E-state index in [0.717, 1.165) is 6.26 Å². The van der Waals surface area contributed by atoms with Crippen molar-refractivity contribution in [3.63, 3.8) is 0 Å². The number of anilines is 2. The van der Waals surface area contributed by atoms with Gasteiger partial charge in [0.25, 0.3) is 0 Å². The zero-order chi connectivity index (χ0) is 17.1. The van der Waals surface area contributed by atoms with Gasteiger partial charge < -0.3 is 10.3 Å². The number of nitrogen functional groups attached to an aromatic ring is 1. The first kappa shape index (κ1) is 18.1. The first-order valence-electron chi connectivity index (χ1n) is 6.90. The fourth-order valence-corrected chi connectivity index (χ4v) is 2.41. The molecule has 0 fully saturated rings. The van der Waals surface area contributed by atoms with Crippen LogP contribution in [0, 0.1) is 0 Å². The van der Waals surface area contributed by atoms with E-state index in [0.29, 0.717) is 17.0 Å². The molecular weight excluding hydrogens is 306 g/mol. The lowest BCUT2D eigenvalue weighted by Crippen LogP contribution is -2.39. The number of nitrogens with two attached hydrogens (primary N) is 1. The van der Waals surface area contributed by atoms with Crippen molar-refractivity contribution < 1.29 is 8.42 Å². The second-order valence-corrected chi connectivity index (χ2v) is 6.47. The van der Waals surface area contributed by atoms with Crippen molar-refractivity contribution in [2.45, 2.75) is 33.7 Å². The molecule has 0 unspecified atom stereocenters. The van der Waals surface area contributed by atoms with E-state index in [1.165, 1.54) is 12.1 Å². The molecule has 2 aromatic heterocycles. The highest BCUT2D eigenvalue weighted by Crippen LogP contribution is 2.23. The van der Waals surface area contributed by atoms with E-state index in [9.17, 15) is 8.42 Å². The zero-order valence-corrected chi connectivity index (χ0v) is 14.5. The quantitative estimate of drug-likeness (QED) is 0.800. The lowest BCUT2D eigenvalue weighted by atomic mass is 10.4. The summed E-state index contributed by atoms with van der Waals surface area (Å²) < 4.78 is 24.4. The number of fused-ring (bicyclic) bond motifs is 1. The van der Waals surface area contributed by atoms with Gasteiger partial charge in [-0.15, -0.1) is 4.83 Å². The molecule has 3 N–H and O–H groups in total. The molecule has 2 heterocycles. The molecule has 0 spiro atoms. The summed E-state index contributed by atoms with van der Waals surface area (Å²) in [5, 5.41) is 1.26. The second-order valence-electron chi connectivity index (χ2n) is 4.75. The molecule has 0 bridgehead atoms. The SMILES string of the molecule is CC.CC(C)n1cnc2c(N(C)NS(C)(=O)=O)nc(N)nc21. The normalized spacial score (nSPS) is 11.4. The zero-order valence-electron chi connectivity index (χ0n) is 13.7. The van der Waals surface area contributed by atoms with Gasteiger partial charge in [0, 0.05) is 13.1 Å². The van der Waals surface area contributed by atoms with Crippen LogP contribution in [0.15, 0.2) is 6.33 Å². The Labute approximate surface area is 130 Å². The van der Waals surface area contributed by atoms with Gasteiger partial charge in [0.05, 0.1) is 12.6 Å². The van der Waals surface area contributed by atoms with E-state index in [1.807, 2.05) is 32.3 Å². The van der Waals surface area contributed by atoms with Gasteiger partial charge >= 0.3 is 0 Å². The fourth-order valence-electron chi connectivity index (χ4n) is 1.82. The van der Waals surface area contributed by atoms with E-state index < -0.39 is 10.0 Å². The highest BCUT2D eigenvalue weighted by molar-refractivity contribution is 7.88. The topological polar surface area (TPSA) is 119 Å². The number of imidazole rings is 1. The van der Waals surface area contributed by atoms with Crippen LogP contribution in [0.1, 0.15) is 33.7 Å². The Bertz CT molecular complexity index is 739. The molecule has 0 amide bonds. The van der Waals surface area contributed by atoms with Crippen LogP contribution in [0.3, 0.4) is 0 Å². The number of rotatable bonds is 4. The Morgan fingerprint density at radius 1 is 1.32 bits per heavy atom. The molecule has 0 aliphatic rings. The van der Waals surface area contributed by atoms with Crippen LogP contribution in [0.5, 0.6) is 0 Å². The molecule has 0 aliphatic heterocycles. The molecule has 0 aliphatic carbocycles. The number of nitrogens with one attached hydrogen (secondary N) is 1. The first-order chi connectivity index (χ1) is 10.2. The number of sulfonamides is 1. The largest absolute Gasteiger partial charge is 0.368 e. The van der Waals surface area contributed by atoms with Crippen molar-refractivity contribution in [1.82, 2.24) is 24.4 Å². The van der Waals surface area contributed by atoms with Gasteiger partial charge in [-0.1, -0.05) is 13.8 Å². The van der Waals surface area contributed by atoms with Gasteiger partial charge in [-0.2, -0.15) is 9.97 Å².